The van der Waals surface area contributed by atoms with Gasteiger partial charge >= 0.3 is 0 Å². The van der Waals surface area contributed by atoms with Crippen LogP contribution in [0.15, 0.2) is 53.1 Å². The number of aromatic nitrogens is 1. The van der Waals surface area contributed by atoms with Gasteiger partial charge in [0.25, 0.3) is 0 Å². The molecule has 2 aromatic rings. The molecule has 0 fully saturated rings. The predicted molar refractivity (Wildman–Crippen MR) is 79.8 cm³/mol. The molecule has 0 saturated carbocycles. The number of halogens is 1. The molecule has 1 atom stereocenters. The quantitative estimate of drug-likeness (QED) is 0.804. The number of aliphatic hydroxyl groups excluding tert-OH is 1. The van der Waals surface area contributed by atoms with Crippen LogP contribution in [0.1, 0.15) is 11.3 Å². The van der Waals surface area contributed by atoms with Gasteiger partial charge in [-0.2, -0.15) is 0 Å². The van der Waals surface area contributed by atoms with Gasteiger partial charge < -0.3 is 10.4 Å². The summed E-state index contributed by atoms with van der Waals surface area (Å²) in [4.78, 5) is 4.36. The Bertz CT molecular complexity index is 505. The van der Waals surface area contributed by atoms with Gasteiger partial charge in [0, 0.05) is 12.6 Å². The van der Waals surface area contributed by atoms with Crippen molar-refractivity contribution in [1.29, 1.82) is 0 Å². The van der Waals surface area contributed by atoms with Gasteiger partial charge in [-0.15, -0.1) is 0 Å². The first-order valence-electron chi connectivity index (χ1n) is 6.27. The van der Waals surface area contributed by atoms with E-state index in [1.165, 1.54) is 5.56 Å². The lowest BCUT2D eigenvalue weighted by Gasteiger charge is -2.16. The van der Waals surface area contributed by atoms with Gasteiger partial charge in [-0.3, -0.25) is 0 Å². The van der Waals surface area contributed by atoms with Gasteiger partial charge in [0.15, 0.2) is 0 Å². The van der Waals surface area contributed by atoms with E-state index in [4.69, 9.17) is 0 Å². The second-order valence-corrected chi connectivity index (χ2v) is 5.21. The number of nitrogens with zero attached hydrogens (tertiary/aromatic N) is 1. The molecule has 100 valence electrons. The lowest BCUT2D eigenvalue weighted by atomic mass is 10.1. The van der Waals surface area contributed by atoms with E-state index < -0.39 is 0 Å². The van der Waals surface area contributed by atoms with Crippen molar-refractivity contribution in [2.24, 2.45) is 0 Å². The van der Waals surface area contributed by atoms with Gasteiger partial charge in [0.2, 0.25) is 0 Å². The number of rotatable bonds is 6. The van der Waals surface area contributed by atoms with Crippen LogP contribution in [0.3, 0.4) is 0 Å². The van der Waals surface area contributed by atoms with Gasteiger partial charge in [0.1, 0.15) is 4.60 Å². The Labute approximate surface area is 121 Å². The molecule has 1 aromatic heterocycles. The maximum absolute atomic E-state index is 9.43. The summed E-state index contributed by atoms with van der Waals surface area (Å²) in [5.74, 6) is 0. The minimum Gasteiger partial charge on any atom is -0.395 e. The van der Waals surface area contributed by atoms with Crippen LogP contribution in [0.2, 0.25) is 0 Å². The third kappa shape index (κ3) is 4.74. The Morgan fingerprint density at radius 3 is 2.58 bits per heavy atom. The van der Waals surface area contributed by atoms with E-state index >= 15 is 0 Å². The van der Waals surface area contributed by atoms with Crippen LogP contribution in [0, 0.1) is 0 Å². The van der Waals surface area contributed by atoms with Gasteiger partial charge in [-0.1, -0.05) is 36.4 Å². The molecule has 0 unspecified atom stereocenters. The number of hydrogen-bond donors (Lipinski definition) is 2. The van der Waals surface area contributed by atoms with Crippen LogP contribution in [-0.2, 0) is 13.0 Å². The molecular formula is C15H17BrN2O. The molecule has 1 heterocycles. The Kier molecular flexibility index (Phi) is 5.51. The third-order valence-corrected chi connectivity index (χ3v) is 3.33. The van der Waals surface area contributed by atoms with Gasteiger partial charge in [-0.25, -0.2) is 4.98 Å². The maximum atomic E-state index is 9.43. The van der Waals surface area contributed by atoms with Crippen molar-refractivity contribution >= 4 is 15.9 Å². The number of aliphatic hydroxyl groups is 1. The van der Waals surface area contributed by atoms with Crippen LogP contribution in [-0.4, -0.2) is 22.7 Å². The molecule has 0 aliphatic rings. The molecule has 0 bridgehead atoms. The summed E-state index contributed by atoms with van der Waals surface area (Å²) in [5, 5.41) is 12.8. The van der Waals surface area contributed by atoms with Crippen molar-refractivity contribution in [3.8, 4) is 0 Å². The van der Waals surface area contributed by atoms with Crippen molar-refractivity contribution in [2.75, 3.05) is 6.61 Å². The molecule has 2 rings (SSSR count). The zero-order valence-corrected chi connectivity index (χ0v) is 12.2. The lowest BCUT2D eigenvalue weighted by molar-refractivity contribution is 0.240. The molecule has 4 heteroatoms. The second-order valence-electron chi connectivity index (χ2n) is 4.40. The van der Waals surface area contributed by atoms with E-state index in [1.54, 1.807) is 0 Å². The molecule has 0 spiro atoms. The minimum absolute atomic E-state index is 0.0446. The summed E-state index contributed by atoms with van der Waals surface area (Å²) in [5.41, 5.74) is 2.18. The van der Waals surface area contributed by atoms with E-state index in [0.29, 0.717) is 6.54 Å². The average Bonchev–Trinajstić information content (AvgIpc) is 2.44. The molecule has 0 aliphatic carbocycles. The number of pyridine rings is 1. The number of nitrogens with one attached hydrogen (secondary N) is 1. The summed E-state index contributed by atoms with van der Waals surface area (Å²) in [6, 6.07) is 16.0. The Morgan fingerprint density at radius 2 is 1.89 bits per heavy atom. The zero-order chi connectivity index (χ0) is 13.5. The first kappa shape index (κ1) is 14.2. The maximum Gasteiger partial charge on any atom is 0.106 e. The Morgan fingerprint density at radius 1 is 1.11 bits per heavy atom. The topological polar surface area (TPSA) is 45.1 Å². The fraction of sp³-hybridized carbons (Fsp3) is 0.267. The first-order valence-corrected chi connectivity index (χ1v) is 7.07. The molecule has 1 aromatic carbocycles. The molecule has 19 heavy (non-hydrogen) atoms. The zero-order valence-electron chi connectivity index (χ0n) is 10.6. The standard InChI is InChI=1S/C15H17BrN2O/c16-15-8-4-7-13(18-15)10-17-14(11-19)9-12-5-2-1-3-6-12/h1-8,14,17,19H,9-11H2/t14-/m1/s1. The summed E-state index contributed by atoms with van der Waals surface area (Å²) in [6.45, 7) is 0.764. The third-order valence-electron chi connectivity index (χ3n) is 2.89. The fourth-order valence-electron chi connectivity index (χ4n) is 1.90. The summed E-state index contributed by atoms with van der Waals surface area (Å²) in [7, 11) is 0. The molecular weight excluding hydrogens is 304 g/mol. The van der Waals surface area contributed by atoms with Crippen LogP contribution < -0.4 is 5.32 Å². The lowest BCUT2D eigenvalue weighted by Crippen LogP contribution is -2.34. The summed E-state index contributed by atoms with van der Waals surface area (Å²) < 4.78 is 0.829. The van der Waals surface area contributed by atoms with Crippen LogP contribution in [0.5, 0.6) is 0 Å². The number of benzene rings is 1. The Hall–Kier alpha value is -1.23. The van der Waals surface area contributed by atoms with Crippen LogP contribution >= 0.6 is 15.9 Å². The van der Waals surface area contributed by atoms with Crippen molar-refractivity contribution in [3.05, 3.63) is 64.4 Å². The van der Waals surface area contributed by atoms with Crippen molar-refractivity contribution < 1.29 is 5.11 Å². The number of hydrogen-bond acceptors (Lipinski definition) is 3. The largest absolute Gasteiger partial charge is 0.395 e. The van der Waals surface area contributed by atoms with Crippen molar-refractivity contribution in [2.45, 2.75) is 19.0 Å². The highest BCUT2D eigenvalue weighted by Crippen LogP contribution is 2.07. The normalized spacial score (nSPS) is 12.3. The molecule has 0 radical (unpaired) electrons. The highest BCUT2D eigenvalue weighted by molar-refractivity contribution is 9.10. The van der Waals surface area contributed by atoms with E-state index in [0.717, 1.165) is 16.7 Å². The predicted octanol–water partition coefficient (Wildman–Crippen LogP) is 2.54. The van der Waals surface area contributed by atoms with E-state index in [1.807, 2.05) is 36.4 Å². The minimum atomic E-state index is 0.0446. The molecule has 0 saturated heterocycles. The van der Waals surface area contributed by atoms with Gasteiger partial charge in [0.05, 0.1) is 12.3 Å². The molecule has 0 amide bonds. The fourth-order valence-corrected chi connectivity index (χ4v) is 2.28. The van der Waals surface area contributed by atoms with E-state index in [-0.39, 0.29) is 12.6 Å². The summed E-state index contributed by atoms with van der Waals surface area (Å²) in [6.07, 6.45) is 0.811. The van der Waals surface area contributed by atoms with Crippen LogP contribution in [0.25, 0.3) is 0 Å². The second kappa shape index (κ2) is 7.38. The first-order chi connectivity index (χ1) is 9.28. The van der Waals surface area contributed by atoms with Crippen molar-refractivity contribution in [3.63, 3.8) is 0 Å². The highest BCUT2D eigenvalue weighted by Gasteiger charge is 2.08. The highest BCUT2D eigenvalue weighted by atomic mass is 79.9. The SMILES string of the molecule is OC[C@@H](Cc1ccccc1)NCc1cccc(Br)n1. The molecule has 0 aliphatic heterocycles. The van der Waals surface area contributed by atoms with Crippen molar-refractivity contribution in [1.82, 2.24) is 10.3 Å². The van der Waals surface area contributed by atoms with E-state index in [2.05, 4.69) is 38.4 Å². The van der Waals surface area contributed by atoms with Crippen LogP contribution in [0.4, 0.5) is 0 Å². The average molecular weight is 321 g/mol. The van der Waals surface area contributed by atoms with E-state index in [9.17, 15) is 5.11 Å². The monoisotopic (exact) mass is 320 g/mol. The molecule has 2 N–H and O–H groups in total. The molecule has 3 nitrogen and oxygen atoms in total. The van der Waals surface area contributed by atoms with Gasteiger partial charge in [-0.05, 0) is 40.0 Å². The smallest absolute Gasteiger partial charge is 0.106 e. The Balaban J connectivity index is 1.89. The summed E-state index contributed by atoms with van der Waals surface area (Å²) >= 11 is 3.35.